The number of ketones is 1. The van der Waals surface area contributed by atoms with E-state index in [0.717, 1.165) is 25.1 Å². The van der Waals surface area contributed by atoms with Crippen LogP contribution in [-0.4, -0.2) is 49.1 Å². The zero-order chi connectivity index (χ0) is 14.3. The molecule has 20 heavy (non-hydrogen) atoms. The van der Waals surface area contributed by atoms with Gasteiger partial charge in [-0.25, -0.2) is 0 Å². The Morgan fingerprint density at radius 1 is 1.30 bits per heavy atom. The summed E-state index contributed by atoms with van der Waals surface area (Å²) in [5.41, 5.74) is 1.66. The lowest BCUT2D eigenvalue weighted by molar-refractivity contribution is 0.0792. The first kappa shape index (κ1) is 18.9. The molecule has 0 aromatic heterocycles. The van der Waals surface area contributed by atoms with Crippen LogP contribution in [-0.2, 0) is 0 Å². The van der Waals surface area contributed by atoms with Crippen molar-refractivity contribution in [2.24, 2.45) is 0 Å². The molecular weight excluding hydrogens is 276 g/mol. The van der Waals surface area contributed by atoms with Gasteiger partial charge in [0.15, 0.2) is 5.78 Å². The molecule has 0 radical (unpaired) electrons. The average Bonchev–Trinajstić information content (AvgIpc) is 2.40. The van der Waals surface area contributed by atoms with E-state index >= 15 is 0 Å². The van der Waals surface area contributed by atoms with Gasteiger partial charge in [0.1, 0.15) is 0 Å². The fourth-order valence-electron chi connectivity index (χ4n) is 1.83. The number of rotatable bonds is 8. The number of carbonyl (C=O) groups excluding carboxylic acids is 1. The van der Waals surface area contributed by atoms with Crippen LogP contribution in [0, 0.1) is 0 Å². The van der Waals surface area contributed by atoms with Crippen molar-refractivity contribution in [3.8, 4) is 0 Å². The molecule has 0 heterocycles. The van der Waals surface area contributed by atoms with Crippen molar-refractivity contribution >= 4 is 23.9 Å². The van der Waals surface area contributed by atoms with E-state index in [1.165, 1.54) is 0 Å². The van der Waals surface area contributed by atoms with E-state index in [-0.39, 0.29) is 24.8 Å². The number of likely N-dealkylation sites (N-methyl/N-ethyl adjacent to an activating group) is 1. The summed E-state index contributed by atoms with van der Waals surface area (Å²) in [6.45, 7) is 2.93. The summed E-state index contributed by atoms with van der Waals surface area (Å²) in [7, 11) is 3.58. The molecule has 0 bridgehead atoms. The molecule has 1 unspecified atom stereocenters. The maximum atomic E-state index is 12.2. The molecule has 0 spiro atoms. The smallest absolute Gasteiger partial charge is 0.182 e. The Hall–Kier alpha value is -1.10. The summed E-state index contributed by atoms with van der Waals surface area (Å²) in [5.74, 6) is -0.0485. The maximum Gasteiger partial charge on any atom is 0.182 e. The second kappa shape index (κ2) is 9.75. The lowest BCUT2D eigenvalue weighted by Crippen LogP contribution is -2.38. The summed E-state index contributed by atoms with van der Waals surface area (Å²) < 4.78 is 0. The molecule has 0 aliphatic heterocycles. The fraction of sp³-hybridized carbons (Fsp3) is 0.533. The number of halogens is 1. The van der Waals surface area contributed by atoms with Crippen LogP contribution in [0.3, 0.4) is 0 Å². The van der Waals surface area contributed by atoms with Gasteiger partial charge in [0, 0.05) is 17.8 Å². The maximum absolute atomic E-state index is 12.2. The summed E-state index contributed by atoms with van der Waals surface area (Å²) in [6.07, 6.45) is 2.29. The normalized spacial score (nSPS) is 11.8. The number of anilines is 1. The highest BCUT2D eigenvalue weighted by atomic mass is 35.5. The zero-order valence-electron chi connectivity index (χ0n) is 12.4. The Morgan fingerprint density at radius 2 is 1.90 bits per heavy atom. The van der Waals surface area contributed by atoms with Gasteiger partial charge in [-0.05, 0) is 44.8 Å². The average molecular weight is 301 g/mol. The molecule has 1 rings (SSSR count). The van der Waals surface area contributed by atoms with E-state index in [0.29, 0.717) is 5.56 Å². The predicted molar refractivity (Wildman–Crippen MR) is 86.0 cm³/mol. The van der Waals surface area contributed by atoms with E-state index in [2.05, 4.69) is 12.2 Å². The molecule has 0 saturated carbocycles. The fourth-order valence-corrected chi connectivity index (χ4v) is 1.83. The summed E-state index contributed by atoms with van der Waals surface area (Å²) in [5, 5.41) is 12.6. The van der Waals surface area contributed by atoms with Gasteiger partial charge in [-0.15, -0.1) is 12.4 Å². The Kier molecular flexibility index (Phi) is 9.21. The molecule has 0 saturated heterocycles. The number of hydrogen-bond acceptors (Lipinski definition) is 4. The Labute approximate surface area is 127 Å². The topological polar surface area (TPSA) is 52.6 Å². The van der Waals surface area contributed by atoms with Crippen LogP contribution in [0.25, 0.3) is 0 Å². The Morgan fingerprint density at radius 3 is 2.35 bits per heavy atom. The second-order valence-electron chi connectivity index (χ2n) is 4.88. The molecule has 1 atom stereocenters. The molecule has 0 aliphatic rings. The van der Waals surface area contributed by atoms with E-state index < -0.39 is 6.04 Å². The second-order valence-corrected chi connectivity index (χ2v) is 4.88. The van der Waals surface area contributed by atoms with E-state index in [1.54, 1.807) is 19.0 Å². The van der Waals surface area contributed by atoms with Crippen LogP contribution in [0.2, 0.25) is 0 Å². The van der Waals surface area contributed by atoms with Gasteiger partial charge in [-0.1, -0.05) is 13.3 Å². The number of unbranched alkanes of at least 4 members (excludes halogenated alkanes) is 1. The number of Topliss-reactive ketones (excluding diaryl/α,β-unsaturated/α-hetero) is 1. The minimum Gasteiger partial charge on any atom is -0.394 e. The lowest BCUT2D eigenvalue weighted by atomic mass is 10.0. The molecule has 114 valence electrons. The van der Waals surface area contributed by atoms with Crippen LogP contribution in [0.4, 0.5) is 5.69 Å². The van der Waals surface area contributed by atoms with Crippen molar-refractivity contribution in [2.75, 3.05) is 32.6 Å². The van der Waals surface area contributed by atoms with Crippen molar-refractivity contribution in [1.29, 1.82) is 0 Å². The molecule has 1 aromatic rings. The first-order valence-corrected chi connectivity index (χ1v) is 6.75. The summed E-state index contributed by atoms with van der Waals surface area (Å²) >= 11 is 0. The first-order chi connectivity index (χ1) is 9.10. The third kappa shape index (κ3) is 5.49. The lowest BCUT2D eigenvalue weighted by Gasteiger charge is -2.20. The third-order valence-corrected chi connectivity index (χ3v) is 3.13. The Balaban J connectivity index is 0.00000361. The van der Waals surface area contributed by atoms with Crippen molar-refractivity contribution < 1.29 is 9.90 Å². The van der Waals surface area contributed by atoms with Crippen molar-refractivity contribution in [2.45, 2.75) is 25.8 Å². The standard InChI is InChI=1S/C15H24N2O2.ClH/c1-4-5-10-16-13-8-6-12(7-9-13)15(19)14(11-18)17(2)3;/h6-9,14,16,18H,4-5,10-11H2,1-3H3;1H. The quantitative estimate of drug-likeness (QED) is 0.572. The number of carbonyl (C=O) groups is 1. The van der Waals surface area contributed by atoms with Gasteiger partial charge in [0.25, 0.3) is 0 Å². The van der Waals surface area contributed by atoms with Gasteiger partial charge in [-0.2, -0.15) is 0 Å². The van der Waals surface area contributed by atoms with Crippen LogP contribution in [0.15, 0.2) is 24.3 Å². The van der Waals surface area contributed by atoms with Gasteiger partial charge >= 0.3 is 0 Å². The number of aliphatic hydroxyl groups is 1. The van der Waals surface area contributed by atoms with E-state index in [4.69, 9.17) is 0 Å². The van der Waals surface area contributed by atoms with Crippen LogP contribution >= 0.6 is 12.4 Å². The highest BCUT2D eigenvalue weighted by Gasteiger charge is 2.20. The molecule has 5 heteroatoms. The van der Waals surface area contributed by atoms with Crippen LogP contribution < -0.4 is 5.32 Å². The SMILES string of the molecule is CCCCNc1ccc(C(=O)C(CO)N(C)C)cc1.Cl. The first-order valence-electron chi connectivity index (χ1n) is 6.75. The van der Waals surface area contributed by atoms with Gasteiger partial charge in [0.05, 0.1) is 12.6 Å². The van der Waals surface area contributed by atoms with Crippen LogP contribution in [0.5, 0.6) is 0 Å². The molecule has 2 N–H and O–H groups in total. The largest absolute Gasteiger partial charge is 0.394 e. The molecule has 4 nitrogen and oxygen atoms in total. The van der Waals surface area contributed by atoms with Crippen molar-refractivity contribution in [1.82, 2.24) is 4.90 Å². The summed E-state index contributed by atoms with van der Waals surface area (Å²) in [6, 6.07) is 6.96. The monoisotopic (exact) mass is 300 g/mol. The molecule has 0 aliphatic carbocycles. The van der Waals surface area contributed by atoms with E-state index in [9.17, 15) is 9.90 Å². The number of nitrogens with one attached hydrogen (secondary N) is 1. The third-order valence-electron chi connectivity index (χ3n) is 3.13. The number of hydrogen-bond donors (Lipinski definition) is 2. The Bertz CT molecular complexity index is 393. The molecule has 1 aromatic carbocycles. The minimum atomic E-state index is -0.473. The van der Waals surface area contributed by atoms with Crippen molar-refractivity contribution in [3.63, 3.8) is 0 Å². The number of benzene rings is 1. The van der Waals surface area contributed by atoms with Gasteiger partial charge in [-0.3, -0.25) is 9.69 Å². The van der Waals surface area contributed by atoms with E-state index in [1.807, 2.05) is 24.3 Å². The number of aliphatic hydroxyl groups excluding tert-OH is 1. The highest BCUT2D eigenvalue weighted by molar-refractivity contribution is 6.00. The van der Waals surface area contributed by atoms with Crippen LogP contribution in [0.1, 0.15) is 30.1 Å². The van der Waals surface area contributed by atoms with Gasteiger partial charge < -0.3 is 10.4 Å². The number of nitrogens with zero attached hydrogens (tertiary/aromatic N) is 1. The highest BCUT2D eigenvalue weighted by Crippen LogP contribution is 2.12. The molecular formula is C15H25ClN2O2. The molecule has 0 amide bonds. The van der Waals surface area contributed by atoms with Gasteiger partial charge in [0.2, 0.25) is 0 Å². The minimum absolute atomic E-state index is 0. The predicted octanol–water partition coefficient (Wildman–Crippen LogP) is 2.43. The molecule has 0 fully saturated rings. The zero-order valence-corrected chi connectivity index (χ0v) is 13.2. The van der Waals surface area contributed by atoms with Crippen molar-refractivity contribution in [3.05, 3.63) is 29.8 Å². The summed E-state index contributed by atoms with van der Waals surface area (Å²) in [4.78, 5) is 13.9.